The van der Waals surface area contributed by atoms with E-state index in [0.29, 0.717) is 30.3 Å². The minimum absolute atomic E-state index is 0.0247. The fourth-order valence-corrected chi connectivity index (χ4v) is 6.26. The molecule has 1 unspecified atom stereocenters. The molecule has 0 aromatic heterocycles. The van der Waals surface area contributed by atoms with Crippen molar-refractivity contribution in [2.45, 2.75) is 110 Å². The third-order valence-electron chi connectivity index (χ3n) is 9.59. The van der Waals surface area contributed by atoms with Gasteiger partial charge in [-0.15, -0.1) is 0 Å². The van der Waals surface area contributed by atoms with Gasteiger partial charge >= 0.3 is 5.97 Å². The Morgan fingerprint density at radius 1 is 1.08 bits per heavy atom. The zero-order valence-electron chi connectivity index (χ0n) is 31.1. The molecule has 0 aliphatic carbocycles. The number of amides is 3. The van der Waals surface area contributed by atoms with Crippen LogP contribution in [0.15, 0.2) is 60.2 Å². The molecular formula is C39H54N4O10. The van der Waals surface area contributed by atoms with Crippen molar-refractivity contribution in [3.8, 4) is 5.75 Å². The van der Waals surface area contributed by atoms with Crippen LogP contribution in [0.1, 0.15) is 72.3 Å². The Kier molecular flexibility index (Phi) is 16.6. The highest BCUT2D eigenvalue weighted by Gasteiger charge is 2.38. The fourth-order valence-electron chi connectivity index (χ4n) is 6.26. The van der Waals surface area contributed by atoms with Gasteiger partial charge in [-0.25, -0.2) is 5.43 Å². The molecule has 1 aromatic rings. The lowest BCUT2D eigenvalue weighted by Crippen LogP contribution is -2.62. The Morgan fingerprint density at radius 3 is 2.47 bits per heavy atom. The van der Waals surface area contributed by atoms with Crippen molar-refractivity contribution in [1.82, 2.24) is 21.1 Å². The van der Waals surface area contributed by atoms with E-state index in [2.05, 4.69) is 16.1 Å². The van der Waals surface area contributed by atoms with Crippen LogP contribution < -0.4 is 16.1 Å². The first-order valence-electron chi connectivity index (χ1n) is 18.1. The molecule has 6 N–H and O–H groups in total. The van der Waals surface area contributed by atoms with E-state index >= 15 is 0 Å². The number of benzene rings is 1. The number of Topliss-reactive ketones (excluding diaryl/α,β-unsaturated/α-hetero) is 1. The normalized spacial score (nSPS) is 29.9. The summed E-state index contributed by atoms with van der Waals surface area (Å²) in [6.45, 7) is 8.19. The Labute approximate surface area is 310 Å². The summed E-state index contributed by atoms with van der Waals surface area (Å²) in [6.07, 6.45) is 5.56. The molecule has 14 heteroatoms. The molecule has 3 rings (SSSR count). The average Bonchev–Trinajstić information content (AvgIpc) is 3.11. The van der Waals surface area contributed by atoms with E-state index in [4.69, 9.17) is 4.74 Å². The van der Waals surface area contributed by atoms with Crippen LogP contribution in [0.2, 0.25) is 0 Å². The summed E-state index contributed by atoms with van der Waals surface area (Å²) in [4.78, 5) is 78.6. The summed E-state index contributed by atoms with van der Waals surface area (Å²) in [5.41, 5.74) is 3.96. The predicted molar refractivity (Wildman–Crippen MR) is 196 cm³/mol. The van der Waals surface area contributed by atoms with E-state index in [1.807, 2.05) is 0 Å². The molecule has 290 valence electrons. The molecule has 2 heterocycles. The summed E-state index contributed by atoms with van der Waals surface area (Å²) < 4.78 is 5.82. The molecule has 2 aliphatic heterocycles. The third kappa shape index (κ3) is 12.8. The van der Waals surface area contributed by atoms with Crippen molar-refractivity contribution < 1.29 is 48.8 Å². The summed E-state index contributed by atoms with van der Waals surface area (Å²) in [5.74, 6) is -5.38. The van der Waals surface area contributed by atoms with Gasteiger partial charge in [-0.2, -0.15) is 0 Å². The van der Waals surface area contributed by atoms with Gasteiger partial charge in [0.2, 0.25) is 11.8 Å². The van der Waals surface area contributed by atoms with Crippen molar-refractivity contribution >= 4 is 35.8 Å². The highest BCUT2D eigenvalue weighted by molar-refractivity contribution is 5.93. The van der Waals surface area contributed by atoms with Crippen LogP contribution in [0.3, 0.4) is 0 Å². The number of nitrogens with one attached hydrogen (secondary N) is 3. The molecule has 1 aromatic carbocycles. The molecule has 1 fully saturated rings. The zero-order valence-corrected chi connectivity index (χ0v) is 31.1. The molecule has 2 bridgehead atoms. The number of aldehydes is 1. The monoisotopic (exact) mass is 738 g/mol. The Balaban J connectivity index is 2.07. The molecule has 0 spiro atoms. The van der Waals surface area contributed by atoms with Crippen LogP contribution in [0.5, 0.6) is 5.75 Å². The molecule has 2 aliphatic rings. The summed E-state index contributed by atoms with van der Waals surface area (Å²) in [7, 11) is 0. The number of ether oxygens (including phenoxy) is 1. The first-order valence-corrected chi connectivity index (χ1v) is 18.1. The average molecular weight is 739 g/mol. The van der Waals surface area contributed by atoms with Gasteiger partial charge in [0.1, 0.15) is 42.0 Å². The number of nitrogens with zero attached hydrogens (tertiary/aromatic N) is 1. The van der Waals surface area contributed by atoms with E-state index in [9.17, 15) is 44.1 Å². The fraction of sp³-hybridized carbons (Fsp3) is 0.538. The molecule has 3 amide bonds. The molecular weight excluding hydrogens is 684 g/mol. The van der Waals surface area contributed by atoms with Crippen molar-refractivity contribution in [2.24, 2.45) is 17.8 Å². The van der Waals surface area contributed by atoms with Gasteiger partial charge in [-0.3, -0.25) is 29.0 Å². The van der Waals surface area contributed by atoms with E-state index in [1.165, 1.54) is 36.2 Å². The Hall–Kier alpha value is -4.66. The maximum atomic E-state index is 14.1. The number of cyclic esters (lactones) is 1. The maximum absolute atomic E-state index is 14.1. The highest BCUT2D eigenvalue weighted by atomic mass is 16.5. The topological polar surface area (TPSA) is 212 Å². The zero-order chi connectivity index (χ0) is 39.2. The number of aliphatic hydroxyl groups excluding tert-OH is 2. The second-order valence-corrected chi connectivity index (χ2v) is 14.2. The minimum Gasteiger partial charge on any atom is -0.508 e. The van der Waals surface area contributed by atoms with Crippen LogP contribution in [-0.2, 0) is 39.9 Å². The first kappa shape index (κ1) is 42.8. The van der Waals surface area contributed by atoms with E-state index in [1.54, 1.807) is 58.1 Å². The van der Waals surface area contributed by atoms with Gasteiger partial charge < -0.3 is 35.5 Å². The van der Waals surface area contributed by atoms with Gasteiger partial charge in [-0.1, -0.05) is 57.2 Å². The summed E-state index contributed by atoms with van der Waals surface area (Å²) in [5, 5.41) is 39.2. The number of rotatable bonds is 8. The van der Waals surface area contributed by atoms with Gasteiger partial charge in [0.15, 0.2) is 0 Å². The number of aromatic hydroxyl groups is 1. The number of phenolic OH excluding ortho intramolecular Hbond substituents is 1. The lowest BCUT2D eigenvalue weighted by molar-refractivity contribution is -0.156. The van der Waals surface area contributed by atoms with Gasteiger partial charge in [0.25, 0.3) is 5.91 Å². The second kappa shape index (κ2) is 20.5. The van der Waals surface area contributed by atoms with Crippen LogP contribution in [-0.4, -0.2) is 99.1 Å². The van der Waals surface area contributed by atoms with Gasteiger partial charge in [0, 0.05) is 31.7 Å². The molecule has 0 radical (unpaired) electrons. The van der Waals surface area contributed by atoms with E-state index in [0.717, 1.165) is 0 Å². The molecule has 53 heavy (non-hydrogen) atoms. The van der Waals surface area contributed by atoms with Crippen molar-refractivity contribution in [3.63, 3.8) is 0 Å². The van der Waals surface area contributed by atoms with Crippen LogP contribution in [0.25, 0.3) is 0 Å². The number of phenols is 1. The van der Waals surface area contributed by atoms with Crippen LogP contribution in [0, 0.1) is 17.8 Å². The maximum Gasteiger partial charge on any atom is 0.325 e. The van der Waals surface area contributed by atoms with Crippen molar-refractivity contribution in [3.05, 3.63) is 65.8 Å². The Morgan fingerprint density at radius 2 is 1.81 bits per heavy atom. The molecule has 1 saturated heterocycles. The van der Waals surface area contributed by atoms with Crippen molar-refractivity contribution in [2.75, 3.05) is 6.54 Å². The lowest BCUT2D eigenvalue weighted by Gasteiger charge is -2.36. The number of hydrazine groups is 1. The van der Waals surface area contributed by atoms with Crippen molar-refractivity contribution in [1.29, 1.82) is 0 Å². The quantitative estimate of drug-likeness (QED) is 0.129. The number of fused-ring (bicyclic) bond motifs is 2. The number of hydrogen-bond acceptors (Lipinski definition) is 11. The number of esters is 1. The highest BCUT2D eigenvalue weighted by Crippen LogP contribution is 2.24. The van der Waals surface area contributed by atoms with E-state index in [-0.39, 0.29) is 43.8 Å². The Bertz CT molecular complexity index is 1560. The number of allylic oxidation sites excluding steroid dienone is 3. The number of hydrogen-bond donors (Lipinski definition) is 6. The minimum atomic E-state index is -1.41. The molecule has 8 atom stereocenters. The molecule has 0 saturated carbocycles. The molecule has 14 nitrogen and oxygen atoms in total. The smallest absolute Gasteiger partial charge is 0.325 e. The van der Waals surface area contributed by atoms with Gasteiger partial charge in [0.05, 0.1) is 18.1 Å². The summed E-state index contributed by atoms with van der Waals surface area (Å²) >= 11 is 0. The second-order valence-electron chi connectivity index (χ2n) is 14.2. The third-order valence-corrected chi connectivity index (χ3v) is 9.59. The van der Waals surface area contributed by atoms with E-state index < -0.39 is 77.9 Å². The first-order chi connectivity index (χ1) is 25.1. The van der Waals surface area contributed by atoms with Gasteiger partial charge in [-0.05, 0) is 68.4 Å². The van der Waals surface area contributed by atoms with Crippen LogP contribution in [0.4, 0.5) is 0 Å². The largest absolute Gasteiger partial charge is 0.508 e. The lowest BCUT2D eigenvalue weighted by atomic mass is 9.84. The predicted octanol–water partition coefficient (Wildman–Crippen LogP) is 1.97. The number of carbonyl (C=O) groups excluding carboxylic acids is 6. The number of ketones is 1. The van der Waals surface area contributed by atoms with Crippen LogP contribution >= 0.6 is 0 Å². The standard InChI is InChI=1S/C39H54N4O10/c1-23(2)34-37(50)40-31(22-27-11-9-12-28(46)21-27)38(51)43-19-10-13-30(42-43)39(52)53-33(24(3)18-20-44)15-8-6-7-14-32(47)26(5)35(48)29(36(49)41-34)17-16-25(4)45/h6-9,11-12,14,18,20-21,23,26,29-35,42,46-48H,10,13,15-17,19,22H2,1-5H3,(H,40,50)(H,41,49)/b8-6+,14-7+,24-18+/t26-,29+,30?,31-,32-,33-,34-,35+/m0/s1. The number of aliphatic hydroxyl groups is 2. The number of carbonyl (C=O) groups is 6. The summed E-state index contributed by atoms with van der Waals surface area (Å²) in [6, 6.07) is 2.91. The SMILES string of the molecule is CC(=O)CC[C@H]1C(=O)N[C@@H](C(C)C)C(=O)N[C@@H](Cc2cccc(O)c2)C(=O)N2CCCC(N2)C(=O)O[C@H](/C(C)=C/C=O)C/C=C/C=C/[C@H](O)[C@H](C)[C@H]1O.